The topological polar surface area (TPSA) is 118 Å². The summed E-state index contributed by atoms with van der Waals surface area (Å²) in [5, 5.41) is 4.25. The molecule has 0 N–H and O–H groups in total. The molecule has 9 nitrogen and oxygen atoms in total. The van der Waals surface area contributed by atoms with Crippen LogP contribution in [0.3, 0.4) is 0 Å². The molecular weight excluding hydrogens is 777 g/mol. The minimum atomic E-state index is -0.640. The van der Waals surface area contributed by atoms with Gasteiger partial charge in [-0.1, -0.05) is 111 Å². The van der Waals surface area contributed by atoms with Gasteiger partial charge < -0.3 is 18.7 Å². The summed E-state index contributed by atoms with van der Waals surface area (Å²) in [6.07, 6.45) is 16.6. The van der Waals surface area contributed by atoms with Crippen molar-refractivity contribution in [1.82, 2.24) is 10.1 Å². The standard InChI is InChI=1S/C53H58N2O7/c1-5-16-47-54-51(62-55-47)53(31-32-53)46(61-50(58)40-21-13-8-14-22-40)29-24-35(2)43-27-28-44-37(23-15-30-52(43,44)4)25-26-41-33-42(59-48(56)38-17-9-6-10-18-38)34-45(36(41)3)60-49(57)39-19-11-7-12-20-39/h6-14,17-22,24-26,29,35,42-46H,3,5,15-16,23,27-28,30-34H2,1-2,4H3/b29-24+,37-25+,41-26-/t35-,42-,43-,44+,45+,46+,52-/m1/s1. The minimum Gasteiger partial charge on any atom is -0.458 e. The maximum absolute atomic E-state index is 13.5. The highest BCUT2D eigenvalue weighted by Gasteiger charge is 2.57. The van der Waals surface area contributed by atoms with Crippen LogP contribution in [0.2, 0.25) is 0 Å². The van der Waals surface area contributed by atoms with Crippen molar-refractivity contribution in [2.24, 2.45) is 23.2 Å². The van der Waals surface area contributed by atoms with Crippen LogP contribution in [0.15, 0.2) is 143 Å². The summed E-state index contributed by atoms with van der Waals surface area (Å²) in [5.41, 5.74) is 4.07. The third-order valence-electron chi connectivity index (χ3n) is 14.0. The van der Waals surface area contributed by atoms with E-state index in [0.717, 1.165) is 68.9 Å². The van der Waals surface area contributed by atoms with E-state index in [1.165, 1.54) is 5.57 Å². The van der Waals surface area contributed by atoms with Crippen LogP contribution >= 0.6 is 0 Å². The van der Waals surface area contributed by atoms with Gasteiger partial charge in [-0.05, 0) is 128 Å². The van der Waals surface area contributed by atoms with Crippen molar-refractivity contribution >= 4 is 17.9 Å². The normalized spacial score (nSPS) is 26.5. The number of esters is 3. The molecule has 0 saturated heterocycles. The Labute approximate surface area is 365 Å². The molecule has 1 aromatic heterocycles. The lowest BCUT2D eigenvalue weighted by Gasteiger charge is -2.44. The van der Waals surface area contributed by atoms with E-state index in [-0.39, 0.29) is 17.3 Å². The van der Waals surface area contributed by atoms with Gasteiger partial charge in [-0.15, -0.1) is 0 Å². The van der Waals surface area contributed by atoms with E-state index in [9.17, 15) is 14.4 Å². The SMILES string of the molecule is C=C1/C(=C\C=C2/CCC[C@]3(C)[C@@H]([C@H](C)/C=C/[C@H](OC(=O)c4ccccc4)C4(c5nc(CCC)no5)CC4)CC[C@@H]23)C[C@@H](OC(=O)c2ccccc2)C[C@@H]1OC(=O)c1ccccc1. The number of carbonyl (C=O) groups excluding carboxylic acids is 3. The molecule has 4 aliphatic rings. The van der Waals surface area contributed by atoms with Crippen LogP contribution in [0.25, 0.3) is 0 Å². The first-order chi connectivity index (χ1) is 30.1. The zero-order chi connectivity index (χ0) is 43.3. The first-order valence-electron chi connectivity index (χ1n) is 22.5. The zero-order valence-corrected chi connectivity index (χ0v) is 36.2. The molecule has 4 fully saturated rings. The van der Waals surface area contributed by atoms with Crippen LogP contribution in [-0.2, 0) is 26.0 Å². The number of benzene rings is 3. The minimum absolute atomic E-state index is 0.0758. The average Bonchev–Trinajstić information content (AvgIpc) is 3.82. The second-order valence-electron chi connectivity index (χ2n) is 18.0. The fraction of sp³-hybridized carbons (Fsp3) is 0.415. The smallest absolute Gasteiger partial charge is 0.338 e. The number of hydrogen-bond acceptors (Lipinski definition) is 9. The predicted octanol–water partition coefficient (Wildman–Crippen LogP) is 11.3. The molecule has 62 heavy (non-hydrogen) atoms. The Bertz CT molecular complexity index is 2330. The molecule has 0 amide bonds. The van der Waals surface area contributed by atoms with Gasteiger partial charge in [-0.3, -0.25) is 0 Å². The number of ether oxygens (including phenoxy) is 3. The monoisotopic (exact) mass is 834 g/mol. The Morgan fingerprint density at radius 1 is 0.839 bits per heavy atom. The molecular formula is C53H58N2O7. The van der Waals surface area contributed by atoms with Gasteiger partial charge in [0.1, 0.15) is 18.3 Å². The Morgan fingerprint density at radius 3 is 2.10 bits per heavy atom. The number of carbonyl (C=O) groups is 3. The van der Waals surface area contributed by atoms with Crippen LogP contribution in [0, 0.1) is 23.2 Å². The fourth-order valence-electron chi connectivity index (χ4n) is 10.4. The van der Waals surface area contributed by atoms with Crippen LogP contribution < -0.4 is 0 Å². The van der Waals surface area contributed by atoms with Crippen molar-refractivity contribution in [2.75, 3.05) is 0 Å². The predicted molar refractivity (Wildman–Crippen MR) is 237 cm³/mol. The molecule has 8 rings (SSSR count). The van der Waals surface area contributed by atoms with E-state index in [4.69, 9.17) is 23.7 Å². The molecule has 7 atom stereocenters. The van der Waals surface area contributed by atoms with Crippen molar-refractivity contribution in [3.8, 4) is 0 Å². The lowest BCUT2D eigenvalue weighted by atomic mass is 9.61. The van der Waals surface area contributed by atoms with Crippen LogP contribution in [0.5, 0.6) is 0 Å². The van der Waals surface area contributed by atoms with Crippen molar-refractivity contribution in [3.05, 3.63) is 167 Å². The molecule has 3 aromatic carbocycles. The van der Waals surface area contributed by atoms with Gasteiger partial charge in [-0.25, -0.2) is 14.4 Å². The van der Waals surface area contributed by atoms with Crippen LogP contribution in [0.1, 0.15) is 128 Å². The molecule has 4 aliphatic carbocycles. The van der Waals surface area contributed by atoms with Crippen molar-refractivity contribution in [1.29, 1.82) is 0 Å². The number of hydrogen-bond donors (Lipinski definition) is 0. The molecule has 0 unspecified atom stereocenters. The van der Waals surface area contributed by atoms with E-state index in [2.05, 4.69) is 56.8 Å². The molecule has 1 heterocycles. The van der Waals surface area contributed by atoms with Crippen molar-refractivity contribution in [3.63, 3.8) is 0 Å². The molecule has 0 spiro atoms. The summed E-state index contributed by atoms with van der Waals surface area (Å²) < 4.78 is 24.3. The number of rotatable bonds is 14. The largest absolute Gasteiger partial charge is 0.458 e. The summed E-state index contributed by atoms with van der Waals surface area (Å²) in [4.78, 5) is 44.7. The number of aromatic nitrogens is 2. The van der Waals surface area contributed by atoms with Crippen LogP contribution in [0.4, 0.5) is 0 Å². The Kier molecular flexibility index (Phi) is 12.9. The highest BCUT2D eigenvalue weighted by Crippen LogP contribution is 2.60. The second-order valence-corrected chi connectivity index (χ2v) is 18.0. The Morgan fingerprint density at radius 2 is 1.47 bits per heavy atom. The molecule has 4 saturated carbocycles. The highest BCUT2D eigenvalue weighted by molar-refractivity contribution is 5.90. The fourth-order valence-corrected chi connectivity index (χ4v) is 10.4. The van der Waals surface area contributed by atoms with Crippen molar-refractivity contribution < 1.29 is 33.1 Å². The average molecular weight is 835 g/mol. The highest BCUT2D eigenvalue weighted by atomic mass is 16.6. The van der Waals surface area contributed by atoms with Gasteiger partial charge in [0, 0.05) is 19.3 Å². The van der Waals surface area contributed by atoms with Gasteiger partial charge in [-0.2, -0.15) is 4.98 Å². The third-order valence-corrected chi connectivity index (χ3v) is 14.0. The maximum atomic E-state index is 13.5. The van der Waals surface area contributed by atoms with Gasteiger partial charge in [0.2, 0.25) is 5.89 Å². The number of fused-ring (bicyclic) bond motifs is 1. The third kappa shape index (κ3) is 9.18. The number of aryl methyl sites for hydroxylation is 1. The molecule has 0 aliphatic heterocycles. The Hall–Kier alpha value is -5.83. The molecule has 9 heteroatoms. The van der Waals surface area contributed by atoms with E-state index in [1.807, 2.05) is 42.5 Å². The molecule has 322 valence electrons. The second kappa shape index (κ2) is 18.6. The number of allylic oxidation sites excluding steroid dienone is 4. The first kappa shape index (κ1) is 42.8. The lowest BCUT2D eigenvalue weighted by Crippen LogP contribution is -2.36. The lowest BCUT2D eigenvalue weighted by molar-refractivity contribution is 0.00211. The zero-order valence-electron chi connectivity index (χ0n) is 36.2. The van der Waals surface area contributed by atoms with Gasteiger partial charge in [0.05, 0.1) is 22.1 Å². The van der Waals surface area contributed by atoms with Crippen molar-refractivity contribution in [2.45, 2.75) is 115 Å². The van der Waals surface area contributed by atoms with E-state index in [0.29, 0.717) is 53.1 Å². The Balaban J connectivity index is 1.01. The van der Waals surface area contributed by atoms with E-state index in [1.54, 1.807) is 48.5 Å². The van der Waals surface area contributed by atoms with E-state index < -0.39 is 35.7 Å². The van der Waals surface area contributed by atoms with Gasteiger partial charge in [0.15, 0.2) is 5.82 Å². The molecule has 0 bridgehead atoms. The summed E-state index contributed by atoms with van der Waals surface area (Å²) in [5.74, 6) is 1.10. The summed E-state index contributed by atoms with van der Waals surface area (Å²) in [6, 6.07) is 27.1. The summed E-state index contributed by atoms with van der Waals surface area (Å²) in [7, 11) is 0. The van der Waals surface area contributed by atoms with Crippen LogP contribution in [-0.4, -0.2) is 46.4 Å². The maximum Gasteiger partial charge on any atom is 0.338 e. The molecule has 4 aromatic rings. The quantitative estimate of drug-likeness (QED) is 0.0695. The number of nitrogens with zero attached hydrogens (tertiary/aromatic N) is 2. The van der Waals surface area contributed by atoms with Gasteiger partial charge in [0.25, 0.3) is 0 Å². The summed E-state index contributed by atoms with van der Waals surface area (Å²) >= 11 is 0. The summed E-state index contributed by atoms with van der Waals surface area (Å²) in [6.45, 7) is 11.3. The van der Waals surface area contributed by atoms with Gasteiger partial charge >= 0.3 is 17.9 Å². The first-order valence-corrected chi connectivity index (χ1v) is 22.5. The molecule has 0 radical (unpaired) electrons. The van der Waals surface area contributed by atoms with E-state index >= 15 is 0 Å².